The van der Waals surface area contributed by atoms with Crippen molar-refractivity contribution in [1.29, 1.82) is 0 Å². The molecular formula is C6H7BrClN. The Bertz CT molecular complexity index is 172. The molecule has 1 aliphatic heterocycles. The molecule has 0 aromatic heterocycles. The molecule has 1 N–H and O–H groups in total. The van der Waals surface area contributed by atoms with Gasteiger partial charge in [0.1, 0.15) is 5.00 Å². The molecule has 0 spiro atoms. The Morgan fingerprint density at radius 2 is 2.44 bits per heavy atom. The molecule has 0 radical (unpaired) electrons. The van der Waals surface area contributed by atoms with Crippen molar-refractivity contribution >= 4 is 27.5 Å². The number of hydrogen-bond acceptors (Lipinski definition) is 1. The van der Waals surface area contributed by atoms with Crippen LogP contribution in [-0.4, -0.2) is 5.00 Å². The van der Waals surface area contributed by atoms with Crippen LogP contribution in [0.3, 0.4) is 0 Å². The van der Waals surface area contributed by atoms with Crippen LogP contribution in [0.25, 0.3) is 0 Å². The lowest BCUT2D eigenvalue weighted by Gasteiger charge is -2.21. The second-order valence-corrected chi connectivity index (χ2v) is 3.78. The predicted octanol–water partition coefficient (Wildman–Crippen LogP) is 2.34. The first-order valence-electron chi connectivity index (χ1n) is 2.62. The maximum atomic E-state index is 5.87. The van der Waals surface area contributed by atoms with Gasteiger partial charge in [-0.2, -0.15) is 0 Å². The number of allylic oxidation sites excluding steroid dienone is 2. The van der Waals surface area contributed by atoms with E-state index in [4.69, 9.17) is 11.6 Å². The third-order valence-electron chi connectivity index (χ3n) is 1.05. The van der Waals surface area contributed by atoms with E-state index in [1.165, 1.54) is 0 Å². The van der Waals surface area contributed by atoms with Crippen LogP contribution in [0.5, 0.6) is 0 Å². The van der Waals surface area contributed by atoms with Gasteiger partial charge < -0.3 is 5.32 Å². The molecule has 3 heteroatoms. The number of nitrogens with one attached hydrogen (secondary N) is 1. The minimum Gasteiger partial charge on any atom is -0.369 e. The van der Waals surface area contributed by atoms with Gasteiger partial charge in [-0.3, -0.25) is 0 Å². The molecule has 0 saturated heterocycles. The molecular weight excluding hydrogens is 201 g/mol. The minimum absolute atomic E-state index is 0.405. The van der Waals surface area contributed by atoms with Crippen molar-refractivity contribution in [2.75, 3.05) is 0 Å². The maximum Gasteiger partial charge on any atom is 0.128 e. The fourth-order valence-electron chi connectivity index (χ4n) is 0.542. The number of alkyl halides is 1. The molecule has 0 bridgehead atoms. The molecule has 0 aliphatic carbocycles. The number of dihydropyridines is 1. The largest absolute Gasteiger partial charge is 0.369 e. The van der Waals surface area contributed by atoms with E-state index in [1.807, 2.05) is 25.3 Å². The molecule has 50 valence electrons. The van der Waals surface area contributed by atoms with Crippen LogP contribution in [0.15, 0.2) is 22.8 Å². The van der Waals surface area contributed by atoms with Crippen molar-refractivity contribution in [3.63, 3.8) is 0 Å². The zero-order valence-corrected chi connectivity index (χ0v) is 7.33. The van der Waals surface area contributed by atoms with E-state index >= 15 is 0 Å². The summed E-state index contributed by atoms with van der Waals surface area (Å²) in [6, 6.07) is 0. The van der Waals surface area contributed by atoms with Gasteiger partial charge in [-0.15, -0.1) is 0 Å². The molecule has 1 aliphatic rings. The van der Waals surface area contributed by atoms with E-state index in [0.29, 0.717) is 0 Å². The summed E-state index contributed by atoms with van der Waals surface area (Å²) < 4.78 is 1.01. The average molecular weight is 208 g/mol. The molecule has 1 unspecified atom stereocenters. The van der Waals surface area contributed by atoms with E-state index in [-0.39, 0.29) is 0 Å². The lowest BCUT2D eigenvalue weighted by Crippen LogP contribution is -2.31. The van der Waals surface area contributed by atoms with Gasteiger partial charge in [0, 0.05) is 10.7 Å². The van der Waals surface area contributed by atoms with Gasteiger partial charge >= 0.3 is 0 Å². The predicted molar refractivity (Wildman–Crippen MR) is 43.5 cm³/mol. The van der Waals surface area contributed by atoms with Crippen LogP contribution in [0.2, 0.25) is 0 Å². The van der Waals surface area contributed by atoms with Gasteiger partial charge in [-0.25, -0.2) is 0 Å². The van der Waals surface area contributed by atoms with Gasteiger partial charge in [0.2, 0.25) is 0 Å². The molecule has 0 aromatic carbocycles. The van der Waals surface area contributed by atoms with Crippen molar-refractivity contribution in [3.8, 4) is 0 Å². The Balaban J connectivity index is 2.70. The second-order valence-electron chi connectivity index (χ2n) is 2.08. The second kappa shape index (κ2) is 2.35. The van der Waals surface area contributed by atoms with Gasteiger partial charge in [-0.1, -0.05) is 11.6 Å². The summed E-state index contributed by atoms with van der Waals surface area (Å²) in [6.45, 7) is 1.89. The zero-order valence-electron chi connectivity index (χ0n) is 4.99. The highest BCUT2D eigenvalue weighted by Crippen LogP contribution is 2.19. The van der Waals surface area contributed by atoms with E-state index in [9.17, 15) is 0 Å². The number of halogens is 2. The summed E-state index contributed by atoms with van der Waals surface area (Å²) in [7, 11) is 0. The number of hydrogen-bond donors (Lipinski definition) is 1. The highest BCUT2D eigenvalue weighted by Gasteiger charge is 2.16. The molecule has 1 heterocycles. The van der Waals surface area contributed by atoms with E-state index in [1.54, 1.807) is 0 Å². The molecule has 0 amide bonds. The van der Waals surface area contributed by atoms with E-state index in [0.717, 1.165) is 4.48 Å². The molecule has 9 heavy (non-hydrogen) atoms. The highest BCUT2D eigenvalue weighted by atomic mass is 79.9. The van der Waals surface area contributed by atoms with Gasteiger partial charge in [0.15, 0.2) is 0 Å². The Labute approximate surface area is 67.9 Å². The molecule has 0 saturated carbocycles. The highest BCUT2D eigenvalue weighted by molar-refractivity contribution is 9.11. The molecule has 0 aromatic rings. The monoisotopic (exact) mass is 207 g/mol. The minimum atomic E-state index is -0.405. The summed E-state index contributed by atoms with van der Waals surface area (Å²) in [5.74, 6) is 0. The summed E-state index contributed by atoms with van der Waals surface area (Å²) in [5.41, 5.74) is 0. The average Bonchev–Trinajstić information content (AvgIpc) is 1.78. The first-order valence-corrected chi connectivity index (χ1v) is 3.79. The smallest absolute Gasteiger partial charge is 0.128 e. The van der Waals surface area contributed by atoms with Crippen molar-refractivity contribution in [1.82, 2.24) is 5.32 Å². The van der Waals surface area contributed by atoms with Crippen LogP contribution < -0.4 is 5.32 Å². The van der Waals surface area contributed by atoms with Crippen LogP contribution in [0.4, 0.5) is 0 Å². The fraction of sp³-hybridized carbons (Fsp3) is 0.333. The topological polar surface area (TPSA) is 12.0 Å². The lowest BCUT2D eigenvalue weighted by molar-refractivity contribution is 0.685. The third-order valence-corrected chi connectivity index (χ3v) is 1.78. The van der Waals surface area contributed by atoms with Gasteiger partial charge in [0.25, 0.3) is 0 Å². The van der Waals surface area contributed by atoms with Crippen LogP contribution in [-0.2, 0) is 0 Å². The lowest BCUT2D eigenvalue weighted by atomic mass is 10.2. The molecule has 1 nitrogen and oxygen atoms in total. The number of rotatable bonds is 0. The van der Waals surface area contributed by atoms with Crippen molar-refractivity contribution in [2.45, 2.75) is 11.9 Å². The summed E-state index contributed by atoms with van der Waals surface area (Å²) in [4.78, 5) is -0.405. The van der Waals surface area contributed by atoms with Crippen molar-refractivity contribution in [3.05, 3.63) is 22.8 Å². The first-order chi connectivity index (χ1) is 4.10. The first kappa shape index (κ1) is 7.16. The molecule has 1 rings (SSSR count). The summed E-state index contributed by atoms with van der Waals surface area (Å²) >= 11 is 9.17. The zero-order chi connectivity index (χ0) is 6.91. The van der Waals surface area contributed by atoms with Crippen molar-refractivity contribution in [2.24, 2.45) is 0 Å². The molecule has 1 atom stereocenters. The normalized spacial score (nSPS) is 33.4. The Morgan fingerprint density at radius 3 is 2.78 bits per heavy atom. The quantitative estimate of drug-likeness (QED) is 0.476. The molecule has 0 fully saturated rings. The van der Waals surface area contributed by atoms with Gasteiger partial charge in [-0.05, 0) is 35.0 Å². The Hall–Kier alpha value is 0.0500. The van der Waals surface area contributed by atoms with Gasteiger partial charge in [0.05, 0.1) is 0 Å². The summed E-state index contributed by atoms with van der Waals surface area (Å²) in [5, 5.41) is 2.98. The van der Waals surface area contributed by atoms with Crippen molar-refractivity contribution < 1.29 is 0 Å². The Morgan fingerprint density at radius 1 is 1.78 bits per heavy atom. The van der Waals surface area contributed by atoms with Crippen LogP contribution in [0.1, 0.15) is 6.92 Å². The van der Waals surface area contributed by atoms with E-state index < -0.39 is 5.00 Å². The van der Waals surface area contributed by atoms with E-state index in [2.05, 4.69) is 21.2 Å². The van der Waals surface area contributed by atoms with Crippen LogP contribution >= 0.6 is 27.5 Å². The van der Waals surface area contributed by atoms with Crippen LogP contribution in [0, 0.1) is 0 Å². The fourth-order valence-corrected chi connectivity index (χ4v) is 0.907. The summed E-state index contributed by atoms with van der Waals surface area (Å²) in [6.07, 6.45) is 5.63. The SMILES string of the molecule is CC1(Cl)C=CC(Br)=CN1. The Kier molecular flexibility index (Phi) is 1.87. The third kappa shape index (κ3) is 2.03. The standard InChI is InChI=1S/C6H7BrClN/c1-6(8)3-2-5(7)4-9-6/h2-4,9H,1H3. The maximum absolute atomic E-state index is 5.87.